The van der Waals surface area contributed by atoms with Crippen LogP contribution in [-0.4, -0.2) is 64.7 Å². The first-order valence-corrected chi connectivity index (χ1v) is 18.7. The lowest BCUT2D eigenvalue weighted by Gasteiger charge is -2.24. The number of ketones is 1. The quantitative estimate of drug-likeness (QED) is 0.0782. The molecule has 0 bridgehead atoms. The van der Waals surface area contributed by atoms with Crippen LogP contribution in [0.25, 0.3) is 0 Å². The third-order valence-electron chi connectivity index (χ3n) is 10.3. The van der Waals surface area contributed by atoms with Gasteiger partial charge < -0.3 is 29.2 Å². The first-order chi connectivity index (χ1) is 21.4. The summed E-state index contributed by atoms with van der Waals surface area (Å²) in [6.45, 7) is 3.79. The highest BCUT2D eigenvalue weighted by Gasteiger charge is 2.40. The highest BCUT2D eigenvalue weighted by Crippen LogP contribution is 2.35. The molecule has 0 aliphatic carbocycles. The van der Waals surface area contributed by atoms with Crippen molar-refractivity contribution in [2.75, 3.05) is 0 Å². The molecule has 3 saturated heterocycles. The monoisotopic (exact) mass is 622 g/mol. The number of cyclic esters (lactones) is 1. The van der Waals surface area contributed by atoms with Crippen LogP contribution in [0.15, 0.2) is 0 Å². The normalized spacial score (nSPS) is 28.4. The number of esters is 1. The van der Waals surface area contributed by atoms with Crippen molar-refractivity contribution in [1.29, 1.82) is 0 Å². The maximum atomic E-state index is 11.9. The zero-order valence-electron chi connectivity index (χ0n) is 28.2. The van der Waals surface area contributed by atoms with Gasteiger partial charge in [0.2, 0.25) is 0 Å². The fourth-order valence-electron chi connectivity index (χ4n) is 7.55. The minimum Gasteiger partial charge on any atom is -0.462 e. The van der Waals surface area contributed by atoms with Gasteiger partial charge in [0.1, 0.15) is 11.9 Å². The van der Waals surface area contributed by atoms with E-state index in [1.54, 1.807) is 0 Å². The maximum absolute atomic E-state index is 11.9. The molecular formula is C37H66O7. The van der Waals surface area contributed by atoms with Crippen LogP contribution in [0, 0.1) is 5.92 Å². The van der Waals surface area contributed by atoms with E-state index >= 15 is 0 Å². The zero-order chi connectivity index (χ0) is 31.6. The molecule has 3 fully saturated rings. The van der Waals surface area contributed by atoms with Gasteiger partial charge in [0.05, 0.1) is 42.5 Å². The number of rotatable bonds is 25. The number of aliphatic hydroxyl groups is 2. The summed E-state index contributed by atoms with van der Waals surface area (Å²) in [6.07, 6.45) is 26.0. The molecule has 7 heteroatoms. The molecule has 8 atom stereocenters. The second-order valence-electron chi connectivity index (χ2n) is 14.3. The smallest absolute Gasteiger partial charge is 0.309 e. The Bertz CT molecular complexity index is 788. The Morgan fingerprint density at radius 2 is 1.16 bits per heavy atom. The Hall–Kier alpha value is -1.02. The summed E-state index contributed by atoms with van der Waals surface area (Å²) < 4.78 is 18.0. The Balaban J connectivity index is 1.13. The first kappa shape index (κ1) is 37.4. The largest absolute Gasteiger partial charge is 0.462 e. The van der Waals surface area contributed by atoms with E-state index in [0.29, 0.717) is 12.8 Å². The number of Topliss-reactive ketones (excluding diaryl/α,β-unsaturated/α-hetero) is 1. The lowest BCUT2D eigenvalue weighted by Crippen LogP contribution is -2.33. The molecule has 0 saturated carbocycles. The van der Waals surface area contributed by atoms with Crippen molar-refractivity contribution >= 4 is 11.8 Å². The van der Waals surface area contributed by atoms with Crippen molar-refractivity contribution in [3.63, 3.8) is 0 Å². The summed E-state index contributed by atoms with van der Waals surface area (Å²) in [6, 6.07) is 0. The number of aliphatic hydroxyl groups excluding tert-OH is 2. The standard InChI is InChI=1S/C37H66O7/c1-3-4-5-6-7-11-14-17-20-31(39)33-22-24-35(43-33)36-25-23-34(44-36)32(40)21-18-15-12-9-8-10-13-16-19-30-27-29(26-28(2)38)37(41)42-30/h29-36,39-40H,3-27H2,1-2H3/t29-,30-,31+,32-,33-,34?,35-,36?/m1/s1. The van der Waals surface area contributed by atoms with Gasteiger partial charge in [-0.2, -0.15) is 0 Å². The SMILES string of the molecule is CCCCCCCCCC[C@H](O)[C@H]1CC[C@H](C2CCC([C@H](O)CCCCCCCCCC[C@@H]3C[C@@H](CC(C)=O)C(=O)O3)O2)O1. The fraction of sp³-hybridized carbons (Fsp3) is 0.946. The Morgan fingerprint density at radius 3 is 1.64 bits per heavy atom. The molecular weight excluding hydrogens is 556 g/mol. The second kappa shape index (κ2) is 21.7. The van der Waals surface area contributed by atoms with E-state index in [2.05, 4.69) is 6.92 Å². The van der Waals surface area contributed by atoms with Crippen LogP contribution in [0.3, 0.4) is 0 Å². The third kappa shape index (κ3) is 14.2. The van der Waals surface area contributed by atoms with Crippen LogP contribution in [-0.2, 0) is 23.8 Å². The van der Waals surface area contributed by atoms with Crippen LogP contribution in [0.2, 0.25) is 0 Å². The molecule has 0 spiro atoms. The Morgan fingerprint density at radius 1 is 0.705 bits per heavy atom. The van der Waals surface area contributed by atoms with Crippen LogP contribution in [0.1, 0.15) is 174 Å². The predicted octanol–water partition coefficient (Wildman–Crippen LogP) is 8.15. The lowest BCUT2D eigenvalue weighted by atomic mass is 9.96. The molecule has 0 amide bonds. The molecule has 2 unspecified atom stereocenters. The van der Waals surface area contributed by atoms with Gasteiger partial charge in [-0.15, -0.1) is 0 Å². The molecule has 0 radical (unpaired) electrons. The van der Waals surface area contributed by atoms with Gasteiger partial charge in [-0.1, -0.05) is 103 Å². The van der Waals surface area contributed by atoms with Crippen LogP contribution in [0.5, 0.6) is 0 Å². The van der Waals surface area contributed by atoms with Crippen molar-refractivity contribution in [2.45, 2.75) is 217 Å². The number of unbranched alkanes of at least 4 members (excludes halogenated alkanes) is 14. The Kier molecular flexibility index (Phi) is 18.5. The fourth-order valence-corrected chi connectivity index (χ4v) is 7.55. The van der Waals surface area contributed by atoms with E-state index in [-0.39, 0.29) is 54.3 Å². The first-order valence-electron chi connectivity index (χ1n) is 18.7. The average Bonchev–Trinajstić information content (AvgIpc) is 3.75. The highest BCUT2D eigenvalue weighted by atomic mass is 16.6. The number of hydrogen-bond donors (Lipinski definition) is 2. The summed E-state index contributed by atoms with van der Waals surface area (Å²) >= 11 is 0. The molecule has 3 rings (SSSR count). The van der Waals surface area contributed by atoms with E-state index in [1.165, 1.54) is 77.6 Å². The van der Waals surface area contributed by atoms with Gasteiger partial charge in [-0.25, -0.2) is 0 Å². The summed E-state index contributed by atoms with van der Waals surface area (Å²) in [5.41, 5.74) is 0. The zero-order valence-corrected chi connectivity index (χ0v) is 28.2. The summed E-state index contributed by atoms with van der Waals surface area (Å²) in [5.74, 6) is -0.348. The second-order valence-corrected chi connectivity index (χ2v) is 14.3. The van der Waals surface area contributed by atoms with Gasteiger partial charge in [0.15, 0.2) is 0 Å². The molecule has 3 aliphatic heterocycles. The molecule has 3 heterocycles. The minimum absolute atomic E-state index is 0.00211. The predicted molar refractivity (Wildman–Crippen MR) is 174 cm³/mol. The average molecular weight is 623 g/mol. The number of carbonyl (C=O) groups is 2. The van der Waals surface area contributed by atoms with E-state index in [0.717, 1.165) is 77.0 Å². The van der Waals surface area contributed by atoms with Crippen molar-refractivity contribution < 1.29 is 34.0 Å². The molecule has 7 nitrogen and oxygen atoms in total. The molecule has 0 aromatic rings. The van der Waals surface area contributed by atoms with Crippen molar-refractivity contribution in [3.05, 3.63) is 0 Å². The van der Waals surface area contributed by atoms with Gasteiger partial charge in [0.25, 0.3) is 0 Å². The van der Waals surface area contributed by atoms with Crippen molar-refractivity contribution in [3.8, 4) is 0 Å². The van der Waals surface area contributed by atoms with E-state index in [9.17, 15) is 19.8 Å². The molecule has 256 valence electrons. The molecule has 0 aromatic carbocycles. The van der Waals surface area contributed by atoms with Gasteiger partial charge in [-0.05, 0) is 64.7 Å². The highest BCUT2D eigenvalue weighted by molar-refractivity contribution is 5.83. The van der Waals surface area contributed by atoms with Crippen LogP contribution < -0.4 is 0 Å². The van der Waals surface area contributed by atoms with Crippen LogP contribution >= 0.6 is 0 Å². The lowest BCUT2D eigenvalue weighted by molar-refractivity contribution is -0.145. The maximum Gasteiger partial charge on any atom is 0.309 e. The summed E-state index contributed by atoms with van der Waals surface area (Å²) in [4.78, 5) is 23.1. The number of ether oxygens (including phenoxy) is 3. The topological polar surface area (TPSA) is 102 Å². The minimum atomic E-state index is -0.399. The van der Waals surface area contributed by atoms with E-state index in [1.807, 2.05) is 0 Å². The van der Waals surface area contributed by atoms with Gasteiger partial charge in [0, 0.05) is 6.42 Å². The summed E-state index contributed by atoms with van der Waals surface area (Å²) in [5, 5.41) is 21.4. The van der Waals surface area contributed by atoms with Crippen molar-refractivity contribution in [1.82, 2.24) is 0 Å². The molecule has 2 N–H and O–H groups in total. The Labute approximate surface area is 268 Å². The van der Waals surface area contributed by atoms with Gasteiger partial charge in [-0.3, -0.25) is 4.79 Å². The van der Waals surface area contributed by atoms with Crippen molar-refractivity contribution in [2.24, 2.45) is 5.92 Å². The van der Waals surface area contributed by atoms with Gasteiger partial charge >= 0.3 is 5.97 Å². The van der Waals surface area contributed by atoms with E-state index in [4.69, 9.17) is 14.2 Å². The van der Waals surface area contributed by atoms with E-state index < -0.39 is 6.10 Å². The summed E-state index contributed by atoms with van der Waals surface area (Å²) in [7, 11) is 0. The molecule has 0 aromatic heterocycles. The third-order valence-corrected chi connectivity index (χ3v) is 10.3. The van der Waals surface area contributed by atoms with Crippen LogP contribution in [0.4, 0.5) is 0 Å². The number of hydrogen-bond acceptors (Lipinski definition) is 7. The molecule has 44 heavy (non-hydrogen) atoms. The molecule has 3 aliphatic rings. The number of carbonyl (C=O) groups excluding carboxylic acids is 2.